The van der Waals surface area contributed by atoms with E-state index in [1.807, 2.05) is 24.3 Å². The SMILES string of the molecule is O=C(NCc1ccc(-c2cnc3ccccc3c2)cc1OC(F)(F)F)c1cc(=O)n(Cc2ccccc2)c(=O)[nH]1. The minimum absolute atomic E-state index is 0.00806. The number of carbonyl (C=O) groups excluding carboxylic acids is 1. The number of pyridine rings is 1. The third kappa shape index (κ3) is 6.09. The fraction of sp³-hybridized carbons (Fsp3) is 0.103. The number of hydrogen-bond donors (Lipinski definition) is 2. The number of para-hydroxylation sites is 1. The summed E-state index contributed by atoms with van der Waals surface area (Å²) in [5, 5.41) is 3.25. The van der Waals surface area contributed by atoms with Gasteiger partial charge in [0.05, 0.1) is 12.1 Å². The Labute approximate surface area is 224 Å². The molecule has 0 bridgehead atoms. The normalized spacial score (nSPS) is 11.4. The van der Waals surface area contributed by atoms with Crippen molar-refractivity contribution < 1.29 is 22.7 Å². The van der Waals surface area contributed by atoms with Crippen molar-refractivity contribution in [3.05, 3.63) is 129 Å². The molecule has 40 heavy (non-hydrogen) atoms. The van der Waals surface area contributed by atoms with Crippen LogP contribution >= 0.6 is 0 Å². The Hall–Kier alpha value is -5.19. The number of hydrogen-bond acceptors (Lipinski definition) is 5. The summed E-state index contributed by atoms with van der Waals surface area (Å²) in [4.78, 5) is 44.4. The number of fused-ring (bicyclic) bond motifs is 1. The van der Waals surface area contributed by atoms with Crippen LogP contribution in [0.25, 0.3) is 22.0 Å². The van der Waals surface area contributed by atoms with Crippen molar-refractivity contribution in [1.29, 1.82) is 0 Å². The number of halogens is 3. The van der Waals surface area contributed by atoms with Crippen molar-refractivity contribution in [1.82, 2.24) is 19.9 Å². The van der Waals surface area contributed by atoms with Crippen LogP contribution in [0.4, 0.5) is 13.2 Å². The van der Waals surface area contributed by atoms with E-state index in [9.17, 15) is 27.6 Å². The molecule has 11 heteroatoms. The molecule has 0 fully saturated rings. The molecule has 1 amide bonds. The Balaban J connectivity index is 1.37. The second-order valence-corrected chi connectivity index (χ2v) is 8.87. The molecule has 0 unspecified atom stereocenters. The number of alkyl halides is 3. The minimum Gasteiger partial charge on any atom is -0.405 e. The lowest BCUT2D eigenvalue weighted by Crippen LogP contribution is -2.38. The zero-order valence-electron chi connectivity index (χ0n) is 20.7. The quantitative estimate of drug-likeness (QED) is 0.310. The standard InChI is InChI=1S/C29H21F3N4O4/c30-29(31,32)40-25-13-19(22-12-20-8-4-5-9-23(20)33-16-22)10-11-21(25)15-34-27(38)24-14-26(37)36(28(39)35-24)17-18-6-2-1-3-7-18/h1-14,16H,15,17H2,(H,34,38)(H,35,39). The average Bonchev–Trinajstić information content (AvgIpc) is 2.93. The molecule has 202 valence electrons. The van der Waals surface area contributed by atoms with E-state index < -0.39 is 29.3 Å². The molecular formula is C29H21F3N4O4. The van der Waals surface area contributed by atoms with Gasteiger partial charge in [-0.05, 0) is 29.3 Å². The lowest BCUT2D eigenvalue weighted by atomic mass is 10.0. The summed E-state index contributed by atoms with van der Waals surface area (Å²) < 4.78 is 44.8. The maximum atomic E-state index is 13.2. The zero-order chi connectivity index (χ0) is 28.3. The molecule has 0 spiro atoms. The van der Waals surface area contributed by atoms with Crippen LogP contribution in [0.5, 0.6) is 5.75 Å². The molecule has 0 saturated heterocycles. The fourth-order valence-electron chi connectivity index (χ4n) is 4.16. The van der Waals surface area contributed by atoms with Crippen LogP contribution in [-0.2, 0) is 13.1 Å². The first-order valence-electron chi connectivity index (χ1n) is 12.1. The van der Waals surface area contributed by atoms with Gasteiger partial charge < -0.3 is 15.0 Å². The number of aromatic amines is 1. The number of nitrogens with one attached hydrogen (secondary N) is 2. The van der Waals surface area contributed by atoms with Crippen molar-refractivity contribution in [2.24, 2.45) is 0 Å². The highest BCUT2D eigenvalue weighted by Gasteiger charge is 2.32. The molecular weight excluding hydrogens is 525 g/mol. The van der Waals surface area contributed by atoms with Crippen molar-refractivity contribution in [2.75, 3.05) is 0 Å². The summed E-state index contributed by atoms with van der Waals surface area (Å²) in [6, 6.07) is 23.1. The molecule has 5 rings (SSSR count). The summed E-state index contributed by atoms with van der Waals surface area (Å²) in [5.41, 5.74) is 0.673. The number of benzene rings is 3. The van der Waals surface area contributed by atoms with E-state index >= 15 is 0 Å². The molecule has 0 saturated carbocycles. The Morgan fingerprint density at radius 3 is 2.42 bits per heavy atom. The van der Waals surface area contributed by atoms with Gasteiger partial charge in [0, 0.05) is 35.3 Å². The monoisotopic (exact) mass is 546 g/mol. The van der Waals surface area contributed by atoms with Crippen molar-refractivity contribution >= 4 is 16.8 Å². The van der Waals surface area contributed by atoms with E-state index in [2.05, 4.69) is 20.0 Å². The molecule has 0 radical (unpaired) electrons. The Morgan fingerprint density at radius 1 is 0.925 bits per heavy atom. The van der Waals surface area contributed by atoms with Crippen LogP contribution in [0.2, 0.25) is 0 Å². The van der Waals surface area contributed by atoms with Gasteiger partial charge in [-0.3, -0.25) is 19.1 Å². The highest BCUT2D eigenvalue weighted by atomic mass is 19.4. The van der Waals surface area contributed by atoms with E-state index in [1.54, 1.807) is 48.7 Å². The van der Waals surface area contributed by atoms with Crippen molar-refractivity contribution in [3.8, 4) is 16.9 Å². The molecule has 0 aliphatic carbocycles. The van der Waals surface area contributed by atoms with Crippen LogP contribution < -0.4 is 21.3 Å². The molecule has 0 atom stereocenters. The van der Waals surface area contributed by atoms with Crippen LogP contribution in [0.3, 0.4) is 0 Å². The lowest BCUT2D eigenvalue weighted by molar-refractivity contribution is -0.274. The average molecular weight is 547 g/mol. The number of amides is 1. The van der Waals surface area contributed by atoms with E-state index in [-0.39, 0.29) is 24.3 Å². The van der Waals surface area contributed by atoms with E-state index in [4.69, 9.17) is 0 Å². The van der Waals surface area contributed by atoms with E-state index in [1.165, 1.54) is 12.1 Å². The Morgan fingerprint density at radius 2 is 1.68 bits per heavy atom. The summed E-state index contributed by atoms with van der Waals surface area (Å²) in [6.07, 6.45) is -3.43. The van der Waals surface area contributed by atoms with Crippen LogP contribution in [-0.4, -0.2) is 26.8 Å². The van der Waals surface area contributed by atoms with E-state index in [0.717, 1.165) is 21.5 Å². The lowest BCUT2D eigenvalue weighted by Gasteiger charge is -2.16. The summed E-state index contributed by atoms with van der Waals surface area (Å²) in [7, 11) is 0. The first-order valence-corrected chi connectivity index (χ1v) is 12.1. The topological polar surface area (TPSA) is 106 Å². The third-order valence-corrected chi connectivity index (χ3v) is 6.10. The molecule has 0 aliphatic heterocycles. The van der Waals surface area contributed by atoms with Gasteiger partial charge in [-0.2, -0.15) is 0 Å². The molecule has 3 aromatic carbocycles. The van der Waals surface area contributed by atoms with Gasteiger partial charge in [0.2, 0.25) is 0 Å². The van der Waals surface area contributed by atoms with Gasteiger partial charge in [-0.15, -0.1) is 13.2 Å². The second kappa shape index (κ2) is 10.9. The third-order valence-electron chi connectivity index (χ3n) is 6.10. The number of rotatable bonds is 7. The molecule has 8 nitrogen and oxygen atoms in total. The maximum Gasteiger partial charge on any atom is 0.573 e. The van der Waals surface area contributed by atoms with Gasteiger partial charge in [-0.25, -0.2) is 4.79 Å². The molecule has 2 aromatic heterocycles. The predicted octanol–water partition coefficient (Wildman–Crippen LogP) is 4.63. The summed E-state index contributed by atoms with van der Waals surface area (Å²) in [6.45, 7) is -0.357. The first-order chi connectivity index (χ1) is 19.2. The Kier molecular flexibility index (Phi) is 7.19. The largest absolute Gasteiger partial charge is 0.573 e. The highest BCUT2D eigenvalue weighted by Crippen LogP contribution is 2.32. The van der Waals surface area contributed by atoms with Crippen LogP contribution in [0.1, 0.15) is 21.6 Å². The van der Waals surface area contributed by atoms with Crippen LogP contribution in [0, 0.1) is 0 Å². The van der Waals surface area contributed by atoms with Gasteiger partial charge in [0.1, 0.15) is 11.4 Å². The summed E-state index contributed by atoms with van der Waals surface area (Å²) >= 11 is 0. The summed E-state index contributed by atoms with van der Waals surface area (Å²) in [5.74, 6) is -1.35. The number of nitrogens with zero attached hydrogens (tertiary/aromatic N) is 2. The molecule has 2 heterocycles. The predicted molar refractivity (Wildman–Crippen MR) is 142 cm³/mol. The zero-order valence-corrected chi connectivity index (χ0v) is 20.7. The van der Waals surface area contributed by atoms with Gasteiger partial charge in [0.25, 0.3) is 11.5 Å². The minimum atomic E-state index is -4.98. The number of carbonyl (C=O) groups is 1. The van der Waals surface area contributed by atoms with Gasteiger partial charge >= 0.3 is 12.1 Å². The van der Waals surface area contributed by atoms with Gasteiger partial charge in [-0.1, -0.05) is 60.7 Å². The number of aromatic nitrogens is 3. The second-order valence-electron chi connectivity index (χ2n) is 8.87. The van der Waals surface area contributed by atoms with E-state index in [0.29, 0.717) is 16.7 Å². The molecule has 2 N–H and O–H groups in total. The number of ether oxygens (including phenoxy) is 1. The first kappa shape index (κ1) is 26.4. The Bertz CT molecular complexity index is 1780. The van der Waals surface area contributed by atoms with Crippen LogP contribution in [0.15, 0.2) is 101 Å². The van der Waals surface area contributed by atoms with Crippen molar-refractivity contribution in [2.45, 2.75) is 19.5 Å². The van der Waals surface area contributed by atoms with Crippen molar-refractivity contribution in [3.63, 3.8) is 0 Å². The number of H-pyrrole nitrogens is 1. The smallest absolute Gasteiger partial charge is 0.405 e. The maximum absolute atomic E-state index is 13.2. The molecule has 0 aliphatic rings. The molecule has 5 aromatic rings. The highest BCUT2D eigenvalue weighted by molar-refractivity contribution is 5.92. The van der Waals surface area contributed by atoms with Gasteiger partial charge in [0.15, 0.2) is 0 Å². The fourth-order valence-corrected chi connectivity index (χ4v) is 4.16.